The van der Waals surface area contributed by atoms with E-state index in [-0.39, 0.29) is 12.4 Å². The summed E-state index contributed by atoms with van der Waals surface area (Å²) in [6, 6.07) is 9.20. The minimum absolute atomic E-state index is 0.0344. The molecule has 0 fully saturated rings. The second-order valence-corrected chi connectivity index (χ2v) is 3.20. The van der Waals surface area contributed by atoms with Gasteiger partial charge in [-0.3, -0.25) is 4.79 Å². The Morgan fingerprint density at radius 1 is 1.33 bits per heavy atom. The Labute approximate surface area is 90.4 Å². The molecule has 0 saturated heterocycles. The first-order valence-electron chi connectivity index (χ1n) is 5.21. The molecule has 0 bridgehead atoms. The maximum Gasteiger partial charge on any atom is 0.188 e. The van der Waals surface area contributed by atoms with Gasteiger partial charge in [-0.25, -0.2) is 0 Å². The van der Waals surface area contributed by atoms with Crippen molar-refractivity contribution in [1.82, 2.24) is 5.32 Å². The average molecular weight is 207 g/mol. The van der Waals surface area contributed by atoms with Gasteiger partial charge in [-0.05, 0) is 6.54 Å². The molecular formula is C12H17NO2. The molecule has 3 nitrogen and oxygen atoms in total. The number of nitrogens with one attached hydrogen (secondary N) is 1. The molecule has 0 atom stereocenters. The number of carbonyl (C=O) groups is 1. The van der Waals surface area contributed by atoms with Gasteiger partial charge >= 0.3 is 0 Å². The Balaban J connectivity index is 2.20. The molecule has 0 aliphatic carbocycles. The topological polar surface area (TPSA) is 38.3 Å². The van der Waals surface area contributed by atoms with Crippen molar-refractivity contribution in [1.29, 1.82) is 0 Å². The SMILES string of the molecule is CCNCCOCC(=O)c1ccccc1. The van der Waals surface area contributed by atoms with Gasteiger partial charge in [-0.15, -0.1) is 0 Å². The predicted octanol–water partition coefficient (Wildman–Crippen LogP) is 1.50. The molecule has 1 aromatic carbocycles. The zero-order chi connectivity index (χ0) is 10.9. The highest BCUT2D eigenvalue weighted by molar-refractivity contribution is 5.96. The number of ether oxygens (including phenoxy) is 1. The standard InChI is InChI=1S/C12H17NO2/c1-2-13-8-9-15-10-12(14)11-6-4-3-5-7-11/h3-7,13H,2,8-10H2,1H3. The molecule has 0 amide bonds. The van der Waals surface area contributed by atoms with Crippen molar-refractivity contribution in [3.8, 4) is 0 Å². The lowest BCUT2D eigenvalue weighted by atomic mass is 10.1. The molecule has 0 saturated carbocycles. The Morgan fingerprint density at radius 3 is 2.73 bits per heavy atom. The lowest BCUT2D eigenvalue weighted by molar-refractivity contribution is 0.0765. The molecule has 1 aromatic rings. The Bertz CT molecular complexity index is 285. The molecule has 15 heavy (non-hydrogen) atoms. The highest BCUT2D eigenvalue weighted by Gasteiger charge is 2.03. The zero-order valence-corrected chi connectivity index (χ0v) is 9.03. The van der Waals surface area contributed by atoms with Gasteiger partial charge in [0.15, 0.2) is 5.78 Å². The molecule has 0 aliphatic heterocycles. The van der Waals surface area contributed by atoms with Crippen LogP contribution in [0, 0.1) is 0 Å². The van der Waals surface area contributed by atoms with Gasteiger partial charge < -0.3 is 10.1 Å². The first kappa shape index (κ1) is 11.9. The van der Waals surface area contributed by atoms with Crippen LogP contribution in [-0.2, 0) is 4.74 Å². The van der Waals surface area contributed by atoms with Gasteiger partial charge in [0.2, 0.25) is 0 Å². The summed E-state index contributed by atoms with van der Waals surface area (Å²) in [5.74, 6) is 0.0344. The van der Waals surface area contributed by atoms with Crippen LogP contribution in [0.25, 0.3) is 0 Å². The number of rotatable bonds is 7. The van der Waals surface area contributed by atoms with Crippen molar-refractivity contribution in [2.75, 3.05) is 26.3 Å². The van der Waals surface area contributed by atoms with Crippen molar-refractivity contribution in [3.63, 3.8) is 0 Å². The van der Waals surface area contributed by atoms with Gasteiger partial charge in [0.05, 0.1) is 6.61 Å². The average Bonchev–Trinajstić information content (AvgIpc) is 2.30. The molecule has 0 aromatic heterocycles. The van der Waals surface area contributed by atoms with Crippen LogP contribution in [0.15, 0.2) is 30.3 Å². The summed E-state index contributed by atoms with van der Waals surface area (Å²) in [5, 5.41) is 3.13. The molecule has 0 spiro atoms. The highest BCUT2D eigenvalue weighted by Crippen LogP contribution is 1.99. The van der Waals surface area contributed by atoms with Crippen LogP contribution < -0.4 is 5.32 Å². The van der Waals surface area contributed by atoms with E-state index in [1.165, 1.54) is 0 Å². The minimum atomic E-state index is 0.0344. The fraction of sp³-hybridized carbons (Fsp3) is 0.417. The summed E-state index contributed by atoms with van der Waals surface area (Å²) >= 11 is 0. The molecule has 1 rings (SSSR count). The van der Waals surface area contributed by atoms with Crippen LogP contribution in [0.2, 0.25) is 0 Å². The van der Waals surface area contributed by atoms with E-state index < -0.39 is 0 Å². The van der Waals surface area contributed by atoms with E-state index in [4.69, 9.17) is 4.74 Å². The molecule has 0 heterocycles. The molecule has 0 radical (unpaired) electrons. The molecule has 3 heteroatoms. The first-order valence-corrected chi connectivity index (χ1v) is 5.21. The maximum atomic E-state index is 11.5. The normalized spacial score (nSPS) is 10.2. The maximum absolute atomic E-state index is 11.5. The third-order valence-corrected chi connectivity index (χ3v) is 2.00. The van der Waals surface area contributed by atoms with Gasteiger partial charge in [0.1, 0.15) is 6.61 Å². The van der Waals surface area contributed by atoms with Crippen molar-refractivity contribution in [3.05, 3.63) is 35.9 Å². The Kier molecular flexibility index (Phi) is 5.66. The third kappa shape index (κ3) is 4.72. The van der Waals surface area contributed by atoms with Crippen molar-refractivity contribution in [2.24, 2.45) is 0 Å². The quantitative estimate of drug-likeness (QED) is 0.544. The fourth-order valence-corrected chi connectivity index (χ4v) is 1.19. The molecule has 0 aliphatic rings. The summed E-state index contributed by atoms with van der Waals surface area (Å²) in [7, 11) is 0. The van der Waals surface area contributed by atoms with Gasteiger partial charge in [-0.2, -0.15) is 0 Å². The molecule has 82 valence electrons. The molecule has 1 N–H and O–H groups in total. The monoisotopic (exact) mass is 207 g/mol. The van der Waals surface area contributed by atoms with Crippen LogP contribution in [0.1, 0.15) is 17.3 Å². The largest absolute Gasteiger partial charge is 0.372 e. The van der Waals surface area contributed by atoms with E-state index in [0.717, 1.165) is 13.1 Å². The van der Waals surface area contributed by atoms with Crippen LogP contribution in [0.4, 0.5) is 0 Å². The van der Waals surface area contributed by atoms with E-state index in [1.807, 2.05) is 25.1 Å². The summed E-state index contributed by atoms with van der Waals surface area (Å²) < 4.78 is 5.24. The minimum Gasteiger partial charge on any atom is -0.372 e. The molecular weight excluding hydrogens is 190 g/mol. The Morgan fingerprint density at radius 2 is 2.07 bits per heavy atom. The van der Waals surface area contributed by atoms with Crippen LogP contribution >= 0.6 is 0 Å². The van der Waals surface area contributed by atoms with Crippen molar-refractivity contribution < 1.29 is 9.53 Å². The smallest absolute Gasteiger partial charge is 0.188 e. The second kappa shape index (κ2) is 7.15. The highest BCUT2D eigenvalue weighted by atomic mass is 16.5. The van der Waals surface area contributed by atoms with E-state index >= 15 is 0 Å². The third-order valence-electron chi connectivity index (χ3n) is 2.00. The number of likely N-dealkylation sites (N-methyl/N-ethyl adjacent to an activating group) is 1. The number of benzene rings is 1. The second-order valence-electron chi connectivity index (χ2n) is 3.20. The molecule has 0 unspecified atom stereocenters. The van der Waals surface area contributed by atoms with Gasteiger partial charge in [-0.1, -0.05) is 37.3 Å². The van der Waals surface area contributed by atoms with E-state index in [0.29, 0.717) is 12.2 Å². The van der Waals surface area contributed by atoms with Crippen molar-refractivity contribution in [2.45, 2.75) is 6.92 Å². The number of ketones is 1. The predicted molar refractivity (Wildman–Crippen MR) is 60.1 cm³/mol. The first-order chi connectivity index (χ1) is 7.34. The van der Waals surface area contributed by atoms with Crippen LogP contribution in [0.5, 0.6) is 0 Å². The van der Waals surface area contributed by atoms with Gasteiger partial charge in [0.25, 0.3) is 0 Å². The fourth-order valence-electron chi connectivity index (χ4n) is 1.19. The summed E-state index contributed by atoms with van der Waals surface area (Å²) in [4.78, 5) is 11.5. The lowest BCUT2D eigenvalue weighted by Gasteiger charge is -2.03. The van der Waals surface area contributed by atoms with Crippen LogP contribution in [-0.4, -0.2) is 32.1 Å². The van der Waals surface area contributed by atoms with E-state index in [9.17, 15) is 4.79 Å². The van der Waals surface area contributed by atoms with Gasteiger partial charge in [0, 0.05) is 12.1 Å². The number of carbonyl (C=O) groups excluding carboxylic acids is 1. The number of Topliss-reactive ketones (excluding diaryl/α,β-unsaturated/α-hetero) is 1. The summed E-state index contributed by atoms with van der Waals surface area (Å²) in [6.07, 6.45) is 0. The van der Waals surface area contributed by atoms with Crippen LogP contribution in [0.3, 0.4) is 0 Å². The van der Waals surface area contributed by atoms with Crippen molar-refractivity contribution >= 4 is 5.78 Å². The Hall–Kier alpha value is -1.19. The van der Waals surface area contributed by atoms with E-state index in [2.05, 4.69) is 5.32 Å². The number of hydrogen-bond donors (Lipinski definition) is 1. The zero-order valence-electron chi connectivity index (χ0n) is 9.03. The summed E-state index contributed by atoms with van der Waals surface area (Å²) in [6.45, 7) is 4.49. The summed E-state index contributed by atoms with van der Waals surface area (Å²) in [5.41, 5.74) is 0.709. The van der Waals surface area contributed by atoms with E-state index in [1.54, 1.807) is 12.1 Å². The lowest BCUT2D eigenvalue weighted by Crippen LogP contribution is -2.20. The number of hydrogen-bond acceptors (Lipinski definition) is 3.